The van der Waals surface area contributed by atoms with Crippen molar-refractivity contribution in [2.24, 2.45) is 5.92 Å². The molecule has 0 aliphatic carbocycles. The minimum atomic E-state index is -4.35. The van der Waals surface area contributed by atoms with Crippen LogP contribution in [-0.4, -0.2) is 51.5 Å². The Balaban J connectivity index is 1.92. The zero-order chi connectivity index (χ0) is 21.5. The Bertz CT molecular complexity index is 1030. The minimum Gasteiger partial charge on any atom is -0.367 e. The number of aryl methyl sites for hydroxylation is 1. The average Bonchev–Trinajstić information content (AvgIpc) is 2.60. The highest BCUT2D eigenvalue weighted by Gasteiger charge is 2.38. The van der Waals surface area contributed by atoms with Gasteiger partial charge in [0.05, 0.1) is 5.69 Å². The molecule has 1 saturated heterocycles. The molecular weight excluding hydrogens is 422 g/mol. The van der Waals surface area contributed by atoms with Crippen LogP contribution in [0.1, 0.15) is 12.5 Å². The Morgan fingerprint density at radius 2 is 2.03 bits per heavy atom. The van der Waals surface area contributed by atoms with Crippen molar-refractivity contribution in [3.8, 4) is 0 Å². The summed E-state index contributed by atoms with van der Waals surface area (Å²) < 4.78 is 55.9. The highest BCUT2D eigenvalue weighted by atomic mass is 35.5. The Hall–Kier alpha value is -1.97. The summed E-state index contributed by atoms with van der Waals surface area (Å²) in [6, 6.07) is 5.37. The number of aromatic nitrogens is 1. The van der Waals surface area contributed by atoms with Gasteiger partial charge >= 0.3 is 0 Å². The molecule has 1 aliphatic rings. The lowest BCUT2D eigenvalue weighted by Crippen LogP contribution is -2.58. The lowest BCUT2D eigenvalue weighted by molar-refractivity contribution is 0.231. The van der Waals surface area contributed by atoms with Gasteiger partial charge in [-0.05, 0) is 51.7 Å². The van der Waals surface area contributed by atoms with Gasteiger partial charge in [-0.2, -0.15) is 4.39 Å². The van der Waals surface area contributed by atoms with Gasteiger partial charge < -0.3 is 9.80 Å². The number of rotatable bonds is 6. The summed E-state index contributed by atoms with van der Waals surface area (Å²) in [5.41, 5.74) is 0.668. The number of hydrogen-bond acceptors (Lipinski definition) is 5. The van der Waals surface area contributed by atoms with E-state index in [0.717, 1.165) is 12.6 Å². The number of pyridine rings is 1. The zero-order valence-corrected chi connectivity index (χ0v) is 18.2. The molecule has 0 amide bonds. The van der Waals surface area contributed by atoms with E-state index in [-0.39, 0.29) is 22.4 Å². The van der Waals surface area contributed by atoms with E-state index in [9.17, 15) is 12.8 Å². The maximum Gasteiger partial charge on any atom is 0.266 e. The van der Waals surface area contributed by atoms with Crippen molar-refractivity contribution in [3.05, 3.63) is 46.6 Å². The zero-order valence-electron chi connectivity index (χ0n) is 16.6. The summed E-state index contributed by atoms with van der Waals surface area (Å²) >= 11 is 6.24. The SMILES string of the molecule is Cc1cc(N2C[C@@H](CN(C)C)[C@H]2C)c(Cl)c(F)c1S(=O)(=O)Nc1cccc(F)n1. The predicted molar refractivity (Wildman–Crippen MR) is 110 cm³/mol. The van der Waals surface area contributed by atoms with Gasteiger partial charge in [0.2, 0.25) is 5.95 Å². The number of nitrogens with one attached hydrogen (secondary N) is 1. The number of benzene rings is 1. The quantitative estimate of drug-likeness (QED) is 0.691. The number of nitrogens with zero attached hydrogens (tertiary/aromatic N) is 3. The van der Waals surface area contributed by atoms with Gasteiger partial charge in [-0.1, -0.05) is 17.7 Å². The third-order valence-corrected chi connectivity index (χ3v) is 6.94. The fourth-order valence-electron chi connectivity index (χ4n) is 3.60. The van der Waals surface area contributed by atoms with Crippen LogP contribution in [0.15, 0.2) is 29.2 Å². The van der Waals surface area contributed by atoms with Crippen LogP contribution < -0.4 is 9.62 Å². The number of anilines is 2. The molecule has 2 atom stereocenters. The first kappa shape index (κ1) is 21.7. The third-order valence-electron chi connectivity index (χ3n) is 5.07. The van der Waals surface area contributed by atoms with Crippen LogP contribution in [0.4, 0.5) is 20.3 Å². The molecule has 0 spiro atoms. The Morgan fingerprint density at radius 3 is 2.62 bits per heavy atom. The van der Waals surface area contributed by atoms with Crippen LogP contribution in [0.5, 0.6) is 0 Å². The van der Waals surface area contributed by atoms with Gasteiger partial charge in [0.15, 0.2) is 5.82 Å². The van der Waals surface area contributed by atoms with Crippen LogP contribution in [-0.2, 0) is 10.0 Å². The molecule has 29 heavy (non-hydrogen) atoms. The van der Waals surface area contributed by atoms with Crippen molar-refractivity contribution in [3.63, 3.8) is 0 Å². The van der Waals surface area contributed by atoms with Gasteiger partial charge in [0.1, 0.15) is 15.7 Å². The summed E-state index contributed by atoms with van der Waals surface area (Å²) in [6.45, 7) is 5.13. The van der Waals surface area contributed by atoms with E-state index in [4.69, 9.17) is 11.6 Å². The largest absolute Gasteiger partial charge is 0.367 e. The molecule has 1 aromatic heterocycles. The molecule has 0 radical (unpaired) electrons. The molecule has 2 heterocycles. The topological polar surface area (TPSA) is 65.5 Å². The maximum atomic E-state index is 15.1. The normalized spacial score (nSPS) is 19.4. The van der Waals surface area contributed by atoms with E-state index in [2.05, 4.69) is 14.6 Å². The highest BCUT2D eigenvalue weighted by Crippen LogP contribution is 2.40. The van der Waals surface area contributed by atoms with Gasteiger partial charge in [0.25, 0.3) is 10.0 Å². The molecule has 0 unspecified atom stereocenters. The van der Waals surface area contributed by atoms with E-state index in [1.165, 1.54) is 19.1 Å². The first-order valence-electron chi connectivity index (χ1n) is 9.06. The minimum absolute atomic E-state index is 0.144. The van der Waals surface area contributed by atoms with Crippen molar-refractivity contribution in [2.45, 2.75) is 24.8 Å². The first-order valence-corrected chi connectivity index (χ1v) is 10.9. The fourth-order valence-corrected chi connectivity index (χ4v) is 5.22. The van der Waals surface area contributed by atoms with Crippen LogP contribution >= 0.6 is 11.6 Å². The Kier molecular flexibility index (Phi) is 6.03. The molecule has 1 N–H and O–H groups in total. The standard InChI is InChI=1S/C19H23ClF2N4O2S/c1-11-8-14(26-10-13(12(26)2)9-25(3)4)17(20)18(22)19(11)29(27,28)24-16-7-5-6-15(21)23-16/h5-8,12-13H,9-10H2,1-4H3,(H,23,24)/t12-,13-/m1/s1. The second-order valence-corrected chi connectivity index (χ2v) is 9.53. The van der Waals surface area contributed by atoms with Crippen molar-refractivity contribution < 1.29 is 17.2 Å². The Morgan fingerprint density at radius 1 is 1.34 bits per heavy atom. The van der Waals surface area contributed by atoms with Gasteiger partial charge in [-0.15, -0.1) is 0 Å². The van der Waals surface area contributed by atoms with E-state index < -0.39 is 26.7 Å². The molecule has 1 fully saturated rings. The second-order valence-electron chi connectivity index (χ2n) is 7.54. The summed E-state index contributed by atoms with van der Waals surface area (Å²) in [6.07, 6.45) is 0. The van der Waals surface area contributed by atoms with Crippen molar-refractivity contribution in [1.82, 2.24) is 9.88 Å². The maximum absolute atomic E-state index is 15.1. The van der Waals surface area contributed by atoms with Crippen molar-refractivity contribution in [1.29, 1.82) is 0 Å². The molecule has 3 rings (SSSR count). The second kappa shape index (κ2) is 8.04. The Labute approximate surface area is 174 Å². The van der Waals surface area contributed by atoms with E-state index in [1.807, 2.05) is 25.9 Å². The summed E-state index contributed by atoms with van der Waals surface area (Å²) in [5.74, 6) is -1.72. The molecule has 10 heteroatoms. The molecule has 158 valence electrons. The average molecular weight is 445 g/mol. The first-order chi connectivity index (χ1) is 13.5. The van der Waals surface area contributed by atoms with Crippen LogP contribution in [0.3, 0.4) is 0 Å². The molecule has 1 aliphatic heterocycles. The molecule has 6 nitrogen and oxygen atoms in total. The van der Waals surface area contributed by atoms with Gasteiger partial charge in [0, 0.05) is 25.0 Å². The van der Waals surface area contributed by atoms with E-state index in [1.54, 1.807) is 6.07 Å². The molecule has 0 saturated carbocycles. The number of halogens is 3. The molecular formula is C19H23ClF2N4O2S. The summed E-state index contributed by atoms with van der Waals surface area (Å²) in [4.78, 5) is 6.93. The molecule has 2 aromatic rings. The lowest BCUT2D eigenvalue weighted by atomic mass is 9.88. The number of sulfonamides is 1. The van der Waals surface area contributed by atoms with Crippen LogP contribution in [0.2, 0.25) is 5.02 Å². The van der Waals surface area contributed by atoms with Gasteiger partial charge in [-0.25, -0.2) is 17.8 Å². The van der Waals surface area contributed by atoms with E-state index in [0.29, 0.717) is 18.2 Å². The number of hydrogen-bond donors (Lipinski definition) is 1. The molecule has 1 aromatic carbocycles. The smallest absolute Gasteiger partial charge is 0.266 e. The van der Waals surface area contributed by atoms with E-state index >= 15 is 4.39 Å². The lowest BCUT2D eigenvalue weighted by Gasteiger charge is -2.49. The van der Waals surface area contributed by atoms with Crippen molar-refractivity contribution >= 4 is 33.1 Å². The fraction of sp³-hybridized carbons (Fsp3) is 0.421. The van der Waals surface area contributed by atoms with Crippen molar-refractivity contribution in [2.75, 3.05) is 36.8 Å². The summed E-state index contributed by atoms with van der Waals surface area (Å²) in [5, 5.41) is -0.252. The third kappa shape index (κ3) is 4.31. The monoisotopic (exact) mass is 444 g/mol. The van der Waals surface area contributed by atoms with Crippen LogP contribution in [0.25, 0.3) is 0 Å². The highest BCUT2D eigenvalue weighted by molar-refractivity contribution is 7.92. The van der Waals surface area contributed by atoms with Gasteiger partial charge in [-0.3, -0.25) is 4.72 Å². The molecule has 0 bridgehead atoms. The predicted octanol–water partition coefficient (Wildman–Crippen LogP) is 3.51. The summed E-state index contributed by atoms with van der Waals surface area (Å²) in [7, 11) is -0.364. The van der Waals surface area contributed by atoms with Crippen LogP contribution in [0, 0.1) is 24.6 Å².